The van der Waals surface area contributed by atoms with Gasteiger partial charge in [0.2, 0.25) is 0 Å². The van der Waals surface area contributed by atoms with E-state index in [1.54, 1.807) is 0 Å². The molecule has 0 aliphatic carbocycles. The van der Waals surface area contributed by atoms with Crippen LogP contribution < -0.4 is 0 Å². The summed E-state index contributed by atoms with van der Waals surface area (Å²) in [4.78, 5) is 12.6. The van der Waals surface area contributed by atoms with Crippen molar-refractivity contribution in [2.75, 3.05) is 0 Å². The highest BCUT2D eigenvalue weighted by Gasteiger charge is 2.26. The fourth-order valence-corrected chi connectivity index (χ4v) is 4.45. The number of ketones is 1. The monoisotopic (exact) mass is 350 g/mol. The number of rotatable bonds is 8. The van der Waals surface area contributed by atoms with Crippen molar-refractivity contribution in [3.63, 3.8) is 0 Å². The number of hydrogen-bond donors (Lipinski definition) is 0. The molecule has 0 saturated heterocycles. The number of hydrogen-bond acceptors (Lipinski definition) is 1. The van der Waals surface area contributed by atoms with E-state index < -0.39 is 8.07 Å². The molecule has 0 aliphatic heterocycles. The predicted molar refractivity (Wildman–Crippen MR) is 111 cm³/mol. The minimum atomic E-state index is -1.41. The maximum atomic E-state index is 12.6. The molecule has 2 aromatic rings. The summed E-state index contributed by atoms with van der Waals surface area (Å²) < 4.78 is 0. The van der Waals surface area contributed by atoms with Gasteiger partial charge in [0.1, 0.15) is 0 Å². The Morgan fingerprint density at radius 1 is 0.960 bits per heavy atom. The Bertz CT molecular complexity index is 708. The van der Waals surface area contributed by atoms with E-state index in [0.717, 1.165) is 17.5 Å². The van der Waals surface area contributed by atoms with Crippen molar-refractivity contribution >= 4 is 13.9 Å². The number of benzene rings is 2. The second kappa shape index (κ2) is 8.44. The van der Waals surface area contributed by atoms with E-state index in [1.807, 2.05) is 42.5 Å². The second-order valence-electron chi connectivity index (χ2n) is 7.79. The molecule has 1 unspecified atom stereocenters. The normalized spacial score (nSPS) is 12.6. The Morgan fingerprint density at radius 2 is 1.52 bits per heavy atom. The smallest absolute Gasteiger partial charge is 0.193 e. The van der Waals surface area contributed by atoms with Gasteiger partial charge in [-0.3, -0.25) is 4.79 Å². The van der Waals surface area contributed by atoms with E-state index in [0.29, 0.717) is 5.92 Å². The van der Waals surface area contributed by atoms with Crippen LogP contribution in [0.3, 0.4) is 0 Å². The second-order valence-corrected chi connectivity index (χ2v) is 12.9. The van der Waals surface area contributed by atoms with Gasteiger partial charge >= 0.3 is 0 Å². The number of carbonyl (C=O) groups excluding carboxylic acids is 1. The van der Waals surface area contributed by atoms with Gasteiger partial charge in [-0.2, -0.15) is 0 Å². The Kier molecular flexibility index (Phi) is 6.55. The number of unbranched alkanes of at least 4 members (excludes halogenated alkanes) is 1. The molecule has 0 fully saturated rings. The predicted octanol–water partition coefficient (Wildman–Crippen LogP) is 6.63. The third kappa shape index (κ3) is 5.02. The van der Waals surface area contributed by atoms with Crippen LogP contribution >= 0.6 is 0 Å². The molecule has 0 saturated carbocycles. The summed E-state index contributed by atoms with van der Waals surface area (Å²) in [6.45, 7) is 13.8. The van der Waals surface area contributed by atoms with Gasteiger partial charge in [0, 0.05) is 17.0 Å². The van der Waals surface area contributed by atoms with Crippen LogP contribution in [0.2, 0.25) is 19.6 Å². The van der Waals surface area contributed by atoms with Crippen LogP contribution in [0.15, 0.2) is 66.4 Å². The van der Waals surface area contributed by atoms with E-state index >= 15 is 0 Å². The van der Waals surface area contributed by atoms with E-state index in [2.05, 4.69) is 45.3 Å². The highest BCUT2D eigenvalue weighted by atomic mass is 28.3. The molecule has 0 radical (unpaired) electrons. The molecule has 0 spiro atoms. The molecule has 0 bridgehead atoms. The van der Waals surface area contributed by atoms with E-state index in [4.69, 9.17) is 0 Å². The first-order valence-electron chi connectivity index (χ1n) is 9.23. The average molecular weight is 351 g/mol. The summed E-state index contributed by atoms with van der Waals surface area (Å²) in [6.07, 6.45) is 3.55. The van der Waals surface area contributed by atoms with Crippen molar-refractivity contribution in [1.82, 2.24) is 0 Å². The summed E-state index contributed by atoms with van der Waals surface area (Å²) in [5.74, 6) is 0.494. The fourth-order valence-electron chi connectivity index (χ4n) is 3.10. The van der Waals surface area contributed by atoms with E-state index in [9.17, 15) is 4.79 Å². The van der Waals surface area contributed by atoms with Gasteiger partial charge in [-0.25, -0.2) is 0 Å². The molecule has 132 valence electrons. The maximum absolute atomic E-state index is 12.6. The lowest BCUT2D eigenvalue weighted by atomic mass is 9.91. The number of carbonyl (C=O) groups is 1. The van der Waals surface area contributed by atoms with E-state index in [1.165, 1.54) is 23.6 Å². The lowest BCUT2D eigenvalue weighted by Gasteiger charge is -2.29. The SMILES string of the molecule is C=C(C(CCCC)c1ccc(C(=O)c2ccccc2)cc1)[Si](C)(C)C. The van der Waals surface area contributed by atoms with Crippen molar-refractivity contribution in [2.24, 2.45) is 0 Å². The first kappa shape index (κ1) is 19.4. The summed E-state index contributed by atoms with van der Waals surface area (Å²) >= 11 is 0. The largest absolute Gasteiger partial charge is 0.289 e. The van der Waals surface area contributed by atoms with Crippen molar-refractivity contribution in [2.45, 2.75) is 51.7 Å². The summed E-state index contributed by atoms with van der Waals surface area (Å²) in [5, 5.41) is 1.41. The van der Waals surface area contributed by atoms with Crippen molar-refractivity contribution in [3.05, 3.63) is 83.1 Å². The van der Waals surface area contributed by atoms with Crippen LogP contribution in [-0.2, 0) is 0 Å². The molecule has 0 heterocycles. The third-order valence-electron chi connectivity index (χ3n) is 4.84. The van der Waals surface area contributed by atoms with E-state index in [-0.39, 0.29) is 5.78 Å². The van der Waals surface area contributed by atoms with Crippen LogP contribution in [-0.4, -0.2) is 13.9 Å². The van der Waals surface area contributed by atoms with Gasteiger partial charge in [0.05, 0.1) is 8.07 Å². The maximum Gasteiger partial charge on any atom is 0.193 e. The molecule has 0 aromatic heterocycles. The quantitative estimate of drug-likeness (QED) is 0.386. The van der Waals surface area contributed by atoms with Crippen LogP contribution in [0.4, 0.5) is 0 Å². The highest BCUT2D eigenvalue weighted by Crippen LogP contribution is 2.34. The van der Waals surface area contributed by atoms with Gasteiger partial charge in [0.25, 0.3) is 0 Å². The van der Waals surface area contributed by atoms with Gasteiger partial charge in [-0.1, -0.05) is 99.2 Å². The minimum absolute atomic E-state index is 0.0845. The zero-order valence-electron chi connectivity index (χ0n) is 16.0. The van der Waals surface area contributed by atoms with Crippen LogP contribution in [0.5, 0.6) is 0 Å². The van der Waals surface area contributed by atoms with Crippen LogP contribution in [0.25, 0.3) is 0 Å². The topological polar surface area (TPSA) is 17.1 Å². The molecule has 2 aromatic carbocycles. The van der Waals surface area contributed by atoms with Gasteiger partial charge in [-0.05, 0) is 12.0 Å². The molecule has 0 amide bonds. The van der Waals surface area contributed by atoms with Crippen molar-refractivity contribution < 1.29 is 4.79 Å². The zero-order valence-corrected chi connectivity index (χ0v) is 17.0. The lowest BCUT2D eigenvalue weighted by molar-refractivity contribution is 0.103. The molecule has 2 heteroatoms. The summed E-state index contributed by atoms with van der Waals surface area (Å²) in [5.41, 5.74) is 2.79. The molecular weight excluding hydrogens is 320 g/mol. The lowest BCUT2D eigenvalue weighted by Crippen LogP contribution is -2.27. The number of allylic oxidation sites excluding steroid dienone is 1. The molecule has 2 rings (SSSR count). The van der Waals surface area contributed by atoms with Gasteiger partial charge in [0.15, 0.2) is 5.78 Å². The fraction of sp³-hybridized carbons (Fsp3) is 0.348. The summed E-state index contributed by atoms with van der Waals surface area (Å²) in [6, 6.07) is 17.7. The molecule has 25 heavy (non-hydrogen) atoms. The first-order chi connectivity index (χ1) is 11.8. The van der Waals surface area contributed by atoms with Crippen molar-refractivity contribution in [3.8, 4) is 0 Å². The Balaban J connectivity index is 2.26. The Morgan fingerprint density at radius 3 is 2.04 bits per heavy atom. The molecule has 0 aliphatic rings. The Labute approximate surface area is 153 Å². The summed E-state index contributed by atoms with van der Waals surface area (Å²) in [7, 11) is -1.41. The van der Waals surface area contributed by atoms with Gasteiger partial charge < -0.3 is 0 Å². The first-order valence-corrected chi connectivity index (χ1v) is 12.7. The molecule has 1 nitrogen and oxygen atoms in total. The third-order valence-corrected chi connectivity index (χ3v) is 7.12. The zero-order chi connectivity index (χ0) is 18.4. The van der Waals surface area contributed by atoms with Crippen LogP contribution in [0, 0.1) is 0 Å². The van der Waals surface area contributed by atoms with Crippen molar-refractivity contribution in [1.29, 1.82) is 0 Å². The minimum Gasteiger partial charge on any atom is -0.289 e. The molecule has 1 atom stereocenters. The average Bonchev–Trinajstić information content (AvgIpc) is 2.61. The molecule has 0 N–H and O–H groups in total. The standard InChI is InChI=1S/C23H30OSi/c1-6-7-13-22(18(2)25(3,4)5)19-14-16-21(17-15-19)23(24)20-11-9-8-10-12-20/h8-12,14-17,22H,2,6-7,13H2,1,3-5H3. The van der Waals surface area contributed by atoms with Gasteiger partial charge in [-0.15, -0.1) is 6.58 Å². The van der Waals surface area contributed by atoms with Crippen LogP contribution in [0.1, 0.15) is 53.6 Å². The highest BCUT2D eigenvalue weighted by molar-refractivity contribution is 6.83. The molecular formula is C23H30OSi. The Hall–Kier alpha value is -1.93.